The van der Waals surface area contributed by atoms with E-state index in [1.807, 2.05) is 60.7 Å². The molecule has 0 unspecified atom stereocenters. The van der Waals surface area contributed by atoms with Crippen molar-refractivity contribution in [2.75, 3.05) is 31.6 Å². The maximum atomic E-state index is 14.8. The molecule has 3 aromatic carbocycles. The monoisotopic (exact) mass is 637 g/mol. The largest absolute Gasteiger partial charge is 0.492 e. The standard InChI is InChI=1S/C38H32FN7O2/c39-28-15-25(17-30(19-28)48-14-13-46-11-4-5-12-46)31-9-6-10-34-32(31)20-35(43-34)36-33-18-27(22-41-37(33)45-44-36)26-16-29(23-40-21-26)42-38(47)24-7-2-1-3-8-24/h1-3,6-10,15-23,43H,4-5,11-14H2,(H,42,47)(H,41,44,45). The van der Waals surface area contributed by atoms with Crippen LogP contribution in [-0.2, 0) is 0 Å². The fourth-order valence-corrected chi connectivity index (χ4v) is 6.36. The number of H-pyrrole nitrogens is 2. The molecule has 1 amide bonds. The highest BCUT2D eigenvalue weighted by Gasteiger charge is 2.17. The molecule has 0 atom stereocenters. The van der Waals surface area contributed by atoms with Crippen LogP contribution in [0.15, 0.2) is 104 Å². The van der Waals surface area contributed by atoms with E-state index in [2.05, 4.69) is 35.4 Å². The predicted molar refractivity (Wildman–Crippen MR) is 185 cm³/mol. The van der Waals surface area contributed by atoms with Crippen molar-refractivity contribution in [3.05, 3.63) is 115 Å². The highest BCUT2D eigenvalue weighted by Crippen LogP contribution is 2.36. The Morgan fingerprint density at radius 1 is 0.875 bits per heavy atom. The molecule has 1 saturated heterocycles. The van der Waals surface area contributed by atoms with Crippen LogP contribution in [0.2, 0.25) is 0 Å². The number of nitrogens with one attached hydrogen (secondary N) is 3. The van der Waals surface area contributed by atoms with Gasteiger partial charge in [0.2, 0.25) is 0 Å². The van der Waals surface area contributed by atoms with Crippen LogP contribution in [0.3, 0.4) is 0 Å². The Labute approximate surface area is 275 Å². The Morgan fingerprint density at radius 3 is 2.60 bits per heavy atom. The summed E-state index contributed by atoms with van der Waals surface area (Å²) in [5, 5.41) is 12.3. The molecule has 10 heteroatoms. The number of carbonyl (C=O) groups is 1. The fraction of sp³-hybridized carbons (Fsp3) is 0.158. The highest BCUT2D eigenvalue weighted by molar-refractivity contribution is 6.04. The highest BCUT2D eigenvalue weighted by atomic mass is 19.1. The Bertz CT molecular complexity index is 2260. The second kappa shape index (κ2) is 12.7. The summed E-state index contributed by atoms with van der Waals surface area (Å²) in [4.78, 5) is 27.6. The molecular weight excluding hydrogens is 605 g/mol. The van der Waals surface area contributed by atoms with Crippen molar-refractivity contribution in [1.82, 2.24) is 30.0 Å². The van der Waals surface area contributed by atoms with E-state index in [0.29, 0.717) is 34.9 Å². The van der Waals surface area contributed by atoms with Gasteiger partial charge in [-0.15, -0.1) is 0 Å². The third-order valence-corrected chi connectivity index (χ3v) is 8.76. The number of amides is 1. The molecule has 9 nitrogen and oxygen atoms in total. The van der Waals surface area contributed by atoms with Crippen LogP contribution in [-0.4, -0.2) is 62.2 Å². The maximum Gasteiger partial charge on any atom is 0.255 e. The number of anilines is 1. The second-order valence-electron chi connectivity index (χ2n) is 12.0. The van der Waals surface area contributed by atoms with Crippen molar-refractivity contribution >= 4 is 33.5 Å². The number of benzene rings is 3. The van der Waals surface area contributed by atoms with Gasteiger partial charge in [0.05, 0.1) is 17.6 Å². The van der Waals surface area contributed by atoms with Gasteiger partial charge in [-0.1, -0.05) is 30.3 Å². The Balaban J connectivity index is 1.08. The van der Waals surface area contributed by atoms with Gasteiger partial charge in [-0.2, -0.15) is 5.10 Å². The number of halogens is 1. The zero-order valence-electron chi connectivity index (χ0n) is 26.0. The molecule has 3 N–H and O–H groups in total. The smallest absolute Gasteiger partial charge is 0.255 e. The summed E-state index contributed by atoms with van der Waals surface area (Å²) >= 11 is 0. The van der Waals surface area contributed by atoms with Crippen molar-refractivity contribution in [1.29, 1.82) is 0 Å². The summed E-state index contributed by atoms with van der Waals surface area (Å²) in [6.07, 6.45) is 7.55. The van der Waals surface area contributed by atoms with E-state index in [1.54, 1.807) is 36.8 Å². The molecular formula is C38H32FN7O2. The van der Waals surface area contributed by atoms with Crippen molar-refractivity contribution in [3.63, 3.8) is 0 Å². The summed E-state index contributed by atoms with van der Waals surface area (Å²) in [5.41, 5.74) is 7.42. The zero-order valence-corrected chi connectivity index (χ0v) is 26.0. The lowest BCUT2D eigenvalue weighted by atomic mass is 10.0. The van der Waals surface area contributed by atoms with Gasteiger partial charge in [0.1, 0.15) is 23.9 Å². The average molecular weight is 638 g/mol. The number of fused-ring (bicyclic) bond motifs is 2. The van der Waals surface area contributed by atoms with E-state index in [9.17, 15) is 9.18 Å². The molecule has 0 saturated carbocycles. The number of nitrogens with zero attached hydrogens (tertiary/aromatic N) is 4. The molecule has 7 aromatic rings. The van der Waals surface area contributed by atoms with E-state index in [0.717, 1.165) is 63.9 Å². The number of rotatable bonds is 9. The SMILES string of the molecule is O=C(Nc1cncc(-c2cnc3[nH]nc(-c4cc5c(-c6cc(F)cc(OCCN7CCCC7)c6)cccc5[nH]4)c3c2)c1)c1ccccc1. The van der Waals surface area contributed by atoms with Gasteiger partial charge >= 0.3 is 0 Å². The number of hydrogen-bond acceptors (Lipinski definition) is 6. The molecule has 48 heavy (non-hydrogen) atoms. The minimum absolute atomic E-state index is 0.210. The number of hydrogen-bond donors (Lipinski definition) is 3. The van der Waals surface area contributed by atoms with Crippen LogP contribution in [0.25, 0.3) is 55.6 Å². The first-order chi connectivity index (χ1) is 23.6. The van der Waals surface area contributed by atoms with Crippen LogP contribution in [0.4, 0.5) is 10.1 Å². The first-order valence-electron chi connectivity index (χ1n) is 16.0. The van der Waals surface area contributed by atoms with Gasteiger partial charge in [-0.3, -0.25) is 19.8 Å². The molecule has 1 aliphatic rings. The first kappa shape index (κ1) is 29.5. The number of pyridine rings is 2. The summed E-state index contributed by atoms with van der Waals surface area (Å²) in [5.74, 6) is -0.0310. The Kier molecular flexibility index (Phi) is 7.83. The average Bonchev–Trinajstić information content (AvgIpc) is 3.88. The van der Waals surface area contributed by atoms with E-state index in [4.69, 9.17) is 4.74 Å². The van der Waals surface area contributed by atoms with Crippen molar-refractivity contribution in [2.45, 2.75) is 12.8 Å². The van der Waals surface area contributed by atoms with Gasteiger partial charge in [0.15, 0.2) is 5.65 Å². The van der Waals surface area contributed by atoms with Crippen molar-refractivity contribution < 1.29 is 13.9 Å². The zero-order chi connectivity index (χ0) is 32.5. The third kappa shape index (κ3) is 6.01. The number of aromatic amines is 2. The van der Waals surface area contributed by atoms with Crippen LogP contribution in [0.1, 0.15) is 23.2 Å². The number of carbonyl (C=O) groups excluding carboxylic acids is 1. The van der Waals surface area contributed by atoms with Crippen molar-refractivity contribution in [3.8, 4) is 39.4 Å². The normalized spacial score (nSPS) is 13.4. The predicted octanol–water partition coefficient (Wildman–Crippen LogP) is 7.70. The van der Waals surface area contributed by atoms with E-state index in [-0.39, 0.29) is 11.7 Å². The van der Waals surface area contributed by atoms with Gasteiger partial charge in [0.25, 0.3) is 5.91 Å². The lowest BCUT2D eigenvalue weighted by Crippen LogP contribution is -2.25. The molecule has 0 radical (unpaired) electrons. The lowest BCUT2D eigenvalue weighted by Gasteiger charge is -2.15. The molecule has 0 aliphatic carbocycles. The maximum absolute atomic E-state index is 14.8. The quantitative estimate of drug-likeness (QED) is 0.150. The van der Waals surface area contributed by atoms with Crippen LogP contribution < -0.4 is 10.1 Å². The number of aromatic nitrogens is 5. The molecule has 5 heterocycles. The Morgan fingerprint density at radius 2 is 1.73 bits per heavy atom. The van der Waals surface area contributed by atoms with Crippen LogP contribution in [0, 0.1) is 5.82 Å². The van der Waals surface area contributed by atoms with Gasteiger partial charge in [-0.05, 0) is 85.6 Å². The van der Waals surface area contributed by atoms with Gasteiger partial charge in [0, 0.05) is 58.0 Å². The first-order valence-corrected chi connectivity index (χ1v) is 16.0. The molecule has 238 valence electrons. The minimum Gasteiger partial charge on any atom is -0.492 e. The molecule has 0 spiro atoms. The third-order valence-electron chi connectivity index (χ3n) is 8.76. The van der Waals surface area contributed by atoms with E-state index >= 15 is 0 Å². The Hall–Kier alpha value is -5.87. The number of likely N-dealkylation sites (tertiary alicyclic amines) is 1. The molecule has 0 bridgehead atoms. The summed E-state index contributed by atoms with van der Waals surface area (Å²) in [6.45, 7) is 3.55. The topological polar surface area (TPSA) is 112 Å². The number of ether oxygens (including phenoxy) is 1. The van der Waals surface area contributed by atoms with E-state index < -0.39 is 0 Å². The van der Waals surface area contributed by atoms with Crippen LogP contribution in [0.5, 0.6) is 5.75 Å². The molecule has 8 rings (SSSR count). The lowest BCUT2D eigenvalue weighted by molar-refractivity contribution is 0.102. The fourth-order valence-electron chi connectivity index (χ4n) is 6.36. The van der Waals surface area contributed by atoms with Crippen LogP contribution >= 0.6 is 0 Å². The summed E-state index contributed by atoms with van der Waals surface area (Å²) in [6, 6.07) is 25.8. The van der Waals surface area contributed by atoms with E-state index in [1.165, 1.54) is 18.9 Å². The van der Waals surface area contributed by atoms with Gasteiger partial charge < -0.3 is 15.0 Å². The minimum atomic E-state index is -0.341. The second-order valence-corrected chi connectivity index (χ2v) is 12.0. The van der Waals surface area contributed by atoms with Crippen molar-refractivity contribution in [2.24, 2.45) is 0 Å². The summed E-state index contributed by atoms with van der Waals surface area (Å²) < 4.78 is 20.8. The molecule has 1 fully saturated rings. The van der Waals surface area contributed by atoms with Gasteiger partial charge in [-0.25, -0.2) is 9.37 Å². The summed E-state index contributed by atoms with van der Waals surface area (Å²) in [7, 11) is 0. The molecule has 4 aromatic heterocycles. The molecule has 1 aliphatic heterocycles.